The summed E-state index contributed by atoms with van der Waals surface area (Å²) in [5.74, 6) is 0. The van der Waals surface area contributed by atoms with Crippen LogP contribution in [0.4, 0.5) is 4.79 Å². The maximum atomic E-state index is 11.4. The molecule has 0 saturated carbocycles. The molecule has 1 amide bonds. The molecule has 0 aromatic heterocycles. The summed E-state index contributed by atoms with van der Waals surface area (Å²) >= 11 is 0. The van der Waals surface area contributed by atoms with Crippen molar-refractivity contribution in [2.24, 2.45) is 5.10 Å². The highest BCUT2D eigenvalue weighted by atomic mass is 16.6. The van der Waals surface area contributed by atoms with Crippen molar-refractivity contribution in [3.05, 3.63) is 35.9 Å². The number of hydrazone groups is 1. The fraction of sp³-hybridized carbons (Fsp3) is 0.429. The SMILES string of the molecule is O=C(NN=Cc1ccccc1)OCN1CCCCC1. The van der Waals surface area contributed by atoms with Gasteiger partial charge in [0.05, 0.1) is 6.21 Å². The van der Waals surface area contributed by atoms with Gasteiger partial charge in [-0.05, 0) is 18.4 Å². The molecule has 0 unspecified atom stereocenters. The van der Waals surface area contributed by atoms with Crippen molar-refractivity contribution < 1.29 is 9.53 Å². The lowest BCUT2D eigenvalue weighted by atomic mass is 10.1. The third-order valence-corrected chi connectivity index (χ3v) is 3.00. The minimum Gasteiger partial charge on any atom is -0.432 e. The molecule has 0 spiro atoms. The number of piperidine rings is 1. The summed E-state index contributed by atoms with van der Waals surface area (Å²) in [6.45, 7) is 2.34. The molecule has 1 aromatic rings. The molecule has 1 heterocycles. The summed E-state index contributed by atoms with van der Waals surface area (Å²) in [5, 5.41) is 3.84. The second-order valence-corrected chi connectivity index (χ2v) is 4.52. The average Bonchev–Trinajstić information content (AvgIpc) is 2.47. The number of hydrogen-bond acceptors (Lipinski definition) is 4. The van der Waals surface area contributed by atoms with Gasteiger partial charge in [-0.1, -0.05) is 36.8 Å². The number of amides is 1. The van der Waals surface area contributed by atoms with Gasteiger partial charge >= 0.3 is 6.09 Å². The molecule has 1 saturated heterocycles. The molecule has 5 nitrogen and oxygen atoms in total. The topological polar surface area (TPSA) is 53.9 Å². The largest absolute Gasteiger partial charge is 0.432 e. The molecular formula is C14H19N3O2. The van der Waals surface area contributed by atoms with Gasteiger partial charge in [-0.2, -0.15) is 5.10 Å². The number of rotatable bonds is 4. The number of carbonyl (C=O) groups excluding carboxylic acids is 1. The molecule has 1 N–H and O–H groups in total. The summed E-state index contributed by atoms with van der Waals surface area (Å²) in [6.07, 6.45) is 4.69. The number of hydrogen-bond donors (Lipinski definition) is 1. The highest BCUT2D eigenvalue weighted by Crippen LogP contribution is 2.07. The number of ether oxygens (including phenoxy) is 1. The zero-order chi connectivity index (χ0) is 13.3. The quantitative estimate of drug-likeness (QED) is 0.667. The molecular weight excluding hydrogens is 242 g/mol. The van der Waals surface area contributed by atoms with E-state index >= 15 is 0 Å². The Balaban J connectivity index is 1.65. The van der Waals surface area contributed by atoms with E-state index in [-0.39, 0.29) is 0 Å². The maximum Gasteiger partial charge on any atom is 0.429 e. The van der Waals surface area contributed by atoms with E-state index in [2.05, 4.69) is 15.4 Å². The van der Waals surface area contributed by atoms with E-state index in [0.29, 0.717) is 6.73 Å². The van der Waals surface area contributed by atoms with Gasteiger partial charge in [0.25, 0.3) is 0 Å². The van der Waals surface area contributed by atoms with Crippen LogP contribution in [-0.4, -0.2) is 37.0 Å². The summed E-state index contributed by atoms with van der Waals surface area (Å²) in [5.41, 5.74) is 3.28. The third-order valence-electron chi connectivity index (χ3n) is 3.00. The summed E-state index contributed by atoms with van der Waals surface area (Å²) in [7, 11) is 0. The van der Waals surface area contributed by atoms with Crippen LogP contribution in [0, 0.1) is 0 Å². The smallest absolute Gasteiger partial charge is 0.429 e. The number of likely N-dealkylation sites (tertiary alicyclic amines) is 1. The first-order valence-corrected chi connectivity index (χ1v) is 6.58. The first-order chi connectivity index (χ1) is 9.34. The lowest BCUT2D eigenvalue weighted by Crippen LogP contribution is -2.34. The Bertz CT molecular complexity index is 414. The van der Waals surface area contributed by atoms with Gasteiger partial charge in [0.15, 0.2) is 0 Å². The Kier molecular flexibility index (Phi) is 5.37. The Morgan fingerprint density at radius 1 is 1.26 bits per heavy atom. The van der Waals surface area contributed by atoms with Gasteiger partial charge in [-0.3, -0.25) is 4.90 Å². The van der Waals surface area contributed by atoms with E-state index in [1.54, 1.807) is 6.21 Å². The molecule has 0 atom stereocenters. The van der Waals surface area contributed by atoms with Gasteiger partial charge in [0.2, 0.25) is 0 Å². The molecule has 2 rings (SSSR count). The normalized spacial score (nSPS) is 16.4. The molecule has 0 bridgehead atoms. The van der Waals surface area contributed by atoms with Gasteiger partial charge in [-0.25, -0.2) is 10.2 Å². The third kappa shape index (κ3) is 5.09. The Hall–Kier alpha value is -1.88. The van der Waals surface area contributed by atoms with Crippen molar-refractivity contribution in [3.8, 4) is 0 Å². The van der Waals surface area contributed by atoms with E-state index in [1.165, 1.54) is 19.3 Å². The van der Waals surface area contributed by atoms with Gasteiger partial charge in [0.1, 0.15) is 6.73 Å². The highest BCUT2D eigenvalue weighted by Gasteiger charge is 2.11. The number of carbonyl (C=O) groups is 1. The van der Waals surface area contributed by atoms with Crippen molar-refractivity contribution in [2.45, 2.75) is 19.3 Å². The van der Waals surface area contributed by atoms with Crippen molar-refractivity contribution in [1.29, 1.82) is 0 Å². The molecule has 19 heavy (non-hydrogen) atoms. The van der Waals surface area contributed by atoms with E-state index in [9.17, 15) is 4.79 Å². The molecule has 5 heteroatoms. The van der Waals surface area contributed by atoms with E-state index in [1.807, 2.05) is 30.3 Å². The van der Waals surface area contributed by atoms with Crippen LogP contribution in [0.1, 0.15) is 24.8 Å². The Labute approximate surface area is 113 Å². The van der Waals surface area contributed by atoms with Crippen molar-refractivity contribution in [3.63, 3.8) is 0 Å². The lowest BCUT2D eigenvalue weighted by Gasteiger charge is -2.25. The van der Waals surface area contributed by atoms with Crippen molar-refractivity contribution in [1.82, 2.24) is 10.3 Å². The van der Waals surface area contributed by atoms with Crippen LogP contribution < -0.4 is 5.43 Å². The fourth-order valence-electron chi connectivity index (χ4n) is 1.97. The maximum absolute atomic E-state index is 11.4. The standard InChI is InChI=1S/C14H19N3O2/c18-14(19-12-17-9-5-2-6-10-17)16-15-11-13-7-3-1-4-8-13/h1,3-4,7-8,11H,2,5-6,9-10,12H2,(H,16,18). The number of nitrogens with zero attached hydrogens (tertiary/aromatic N) is 2. The summed E-state index contributed by atoms with van der Waals surface area (Å²) in [4.78, 5) is 13.5. The first kappa shape index (κ1) is 13.5. The zero-order valence-corrected chi connectivity index (χ0v) is 10.9. The lowest BCUT2D eigenvalue weighted by molar-refractivity contribution is 0.0582. The van der Waals surface area contributed by atoms with Crippen LogP contribution in [0.15, 0.2) is 35.4 Å². The van der Waals surface area contributed by atoms with Gasteiger partial charge < -0.3 is 4.74 Å². The van der Waals surface area contributed by atoms with Crippen LogP contribution in [-0.2, 0) is 4.74 Å². The average molecular weight is 261 g/mol. The van der Waals surface area contributed by atoms with Crippen LogP contribution in [0.5, 0.6) is 0 Å². The Morgan fingerprint density at radius 2 is 2.00 bits per heavy atom. The van der Waals surface area contributed by atoms with Crippen molar-refractivity contribution in [2.75, 3.05) is 19.8 Å². The fourth-order valence-corrected chi connectivity index (χ4v) is 1.97. The monoisotopic (exact) mass is 261 g/mol. The molecule has 0 aliphatic carbocycles. The molecule has 1 fully saturated rings. The molecule has 0 radical (unpaired) electrons. The predicted molar refractivity (Wildman–Crippen MR) is 73.9 cm³/mol. The Morgan fingerprint density at radius 3 is 2.74 bits per heavy atom. The second kappa shape index (κ2) is 7.53. The summed E-state index contributed by atoms with van der Waals surface area (Å²) < 4.78 is 5.08. The van der Waals surface area contributed by atoms with Crippen LogP contribution in [0.25, 0.3) is 0 Å². The second-order valence-electron chi connectivity index (χ2n) is 4.52. The minimum atomic E-state index is -0.516. The van der Waals surface area contributed by atoms with E-state index < -0.39 is 6.09 Å². The van der Waals surface area contributed by atoms with Crippen LogP contribution in [0.3, 0.4) is 0 Å². The summed E-state index contributed by atoms with van der Waals surface area (Å²) in [6, 6.07) is 9.57. The zero-order valence-electron chi connectivity index (χ0n) is 10.9. The van der Waals surface area contributed by atoms with E-state index in [0.717, 1.165) is 18.7 Å². The molecule has 1 aromatic carbocycles. The number of benzene rings is 1. The number of nitrogens with one attached hydrogen (secondary N) is 1. The first-order valence-electron chi connectivity index (χ1n) is 6.58. The van der Waals surface area contributed by atoms with Crippen molar-refractivity contribution >= 4 is 12.3 Å². The molecule has 1 aliphatic rings. The van der Waals surface area contributed by atoms with Gasteiger partial charge in [-0.15, -0.1) is 0 Å². The van der Waals surface area contributed by atoms with E-state index in [4.69, 9.17) is 4.74 Å². The van der Waals surface area contributed by atoms with Gasteiger partial charge in [0, 0.05) is 13.1 Å². The predicted octanol–water partition coefficient (Wildman–Crippen LogP) is 2.19. The molecule has 102 valence electrons. The minimum absolute atomic E-state index is 0.340. The van der Waals surface area contributed by atoms with Crippen LogP contribution in [0.2, 0.25) is 0 Å². The van der Waals surface area contributed by atoms with Crippen LogP contribution >= 0.6 is 0 Å². The molecule has 1 aliphatic heterocycles. The highest BCUT2D eigenvalue weighted by molar-refractivity contribution is 5.80.